The number of anilines is 2. The third-order valence-electron chi connectivity index (χ3n) is 4.13. The molecule has 4 heterocycles. The lowest BCUT2D eigenvalue weighted by molar-refractivity contribution is -0.130. The van der Waals surface area contributed by atoms with Crippen LogP contribution in [0.1, 0.15) is 11.1 Å². The number of ether oxygens (including phenoxy) is 4. The predicted molar refractivity (Wildman–Crippen MR) is 103 cm³/mol. The monoisotopic (exact) mass is 402 g/mol. The van der Waals surface area contributed by atoms with Crippen molar-refractivity contribution < 1.29 is 28.5 Å². The van der Waals surface area contributed by atoms with Gasteiger partial charge < -0.3 is 29.2 Å². The Morgan fingerprint density at radius 2 is 1.69 bits per heavy atom. The molecule has 0 amide bonds. The van der Waals surface area contributed by atoms with Crippen molar-refractivity contribution in [2.75, 3.05) is 43.6 Å². The van der Waals surface area contributed by atoms with Crippen molar-refractivity contribution in [2.24, 2.45) is 0 Å². The molecule has 0 radical (unpaired) electrons. The number of pyridine rings is 2. The molecule has 154 valence electrons. The molecule has 2 aromatic heterocycles. The van der Waals surface area contributed by atoms with Crippen LogP contribution in [0.4, 0.5) is 11.6 Å². The first kappa shape index (κ1) is 20.2. The molecule has 0 atom stereocenters. The van der Waals surface area contributed by atoms with Gasteiger partial charge in [0.15, 0.2) is 23.1 Å². The van der Waals surface area contributed by atoms with Crippen molar-refractivity contribution in [3.05, 3.63) is 35.7 Å². The zero-order valence-corrected chi connectivity index (χ0v) is 16.0. The number of hydrogen-bond acceptors (Lipinski definition) is 10. The predicted octanol–water partition coefficient (Wildman–Crippen LogP) is 1.14. The third-order valence-corrected chi connectivity index (χ3v) is 4.13. The lowest BCUT2D eigenvalue weighted by Crippen LogP contribution is -2.29. The van der Waals surface area contributed by atoms with Gasteiger partial charge in [0.05, 0.1) is 13.1 Å². The van der Waals surface area contributed by atoms with Crippen LogP contribution in [0.25, 0.3) is 0 Å². The quantitative estimate of drug-likeness (QED) is 0.706. The van der Waals surface area contributed by atoms with E-state index in [1.807, 2.05) is 24.1 Å². The summed E-state index contributed by atoms with van der Waals surface area (Å²) < 4.78 is 20.1. The van der Waals surface area contributed by atoms with Gasteiger partial charge in [0.2, 0.25) is 0 Å². The van der Waals surface area contributed by atoms with E-state index in [-0.39, 0.29) is 13.2 Å². The third kappa shape index (κ3) is 5.47. The minimum absolute atomic E-state index is 0.229. The summed E-state index contributed by atoms with van der Waals surface area (Å²) in [5.41, 5.74) is 1.65. The molecule has 0 aromatic carbocycles. The van der Waals surface area contributed by atoms with Crippen LogP contribution in [-0.2, 0) is 32.3 Å². The highest BCUT2D eigenvalue weighted by molar-refractivity contribution is 5.54. The second-order valence-corrected chi connectivity index (χ2v) is 6.22. The molecule has 10 nitrogen and oxygen atoms in total. The molecule has 0 saturated carbocycles. The molecule has 2 aromatic rings. The average molecular weight is 402 g/mol. The first-order valence-electron chi connectivity index (χ1n) is 9.00. The van der Waals surface area contributed by atoms with Crippen LogP contribution in [-0.4, -0.2) is 56.3 Å². The fraction of sp³-hybridized carbons (Fsp3) is 0.368. The molecular weight excluding hydrogens is 380 g/mol. The molecule has 1 N–H and O–H groups in total. The standard InChI is InChI=1S/C10H12N2O3.C9H10N2O3/c1-12-2-3-15-9-4-8(6-14-7-13)5-11-10(9)12;12-6-13-5-7-3-8-9(11-4-7)10-1-2-14-8/h4-5,7H,2-3,6H2,1H3;3-4,6H,1-2,5H2,(H,10,11). The van der Waals surface area contributed by atoms with Crippen LogP contribution in [0.15, 0.2) is 24.5 Å². The summed E-state index contributed by atoms with van der Waals surface area (Å²) in [5, 5.41) is 3.10. The smallest absolute Gasteiger partial charge is 0.293 e. The highest BCUT2D eigenvalue weighted by atomic mass is 16.5. The van der Waals surface area contributed by atoms with Crippen molar-refractivity contribution in [2.45, 2.75) is 13.2 Å². The molecule has 4 rings (SSSR count). The zero-order chi connectivity index (χ0) is 20.5. The van der Waals surface area contributed by atoms with Crippen molar-refractivity contribution in [1.82, 2.24) is 9.97 Å². The maximum atomic E-state index is 10.0. The summed E-state index contributed by atoms with van der Waals surface area (Å²) in [5.74, 6) is 3.03. The minimum atomic E-state index is 0.229. The maximum Gasteiger partial charge on any atom is 0.293 e. The lowest BCUT2D eigenvalue weighted by Gasteiger charge is -2.26. The van der Waals surface area contributed by atoms with Gasteiger partial charge in [-0.05, 0) is 12.1 Å². The molecule has 0 spiro atoms. The van der Waals surface area contributed by atoms with Crippen molar-refractivity contribution in [3.63, 3.8) is 0 Å². The summed E-state index contributed by atoms with van der Waals surface area (Å²) >= 11 is 0. The first-order valence-corrected chi connectivity index (χ1v) is 9.00. The van der Waals surface area contributed by atoms with Crippen LogP contribution in [0.5, 0.6) is 11.5 Å². The molecule has 0 saturated heterocycles. The van der Waals surface area contributed by atoms with E-state index in [1.54, 1.807) is 12.4 Å². The summed E-state index contributed by atoms with van der Waals surface area (Å²) in [7, 11) is 1.97. The zero-order valence-electron chi connectivity index (χ0n) is 16.0. The fourth-order valence-corrected chi connectivity index (χ4v) is 2.75. The van der Waals surface area contributed by atoms with Crippen molar-refractivity contribution in [3.8, 4) is 11.5 Å². The number of likely N-dealkylation sites (N-methyl/N-ethyl adjacent to an activating group) is 1. The molecule has 0 fully saturated rings. The van der Waals surface area contributed by atoms with Crippen molar-refractivity contribution >= 4 is 24.6 Å². The van der Waals surface area contributed by atoms with Gasteiger partial charge in [0.25, 0.3) is 12.9 Å². The van der Waals surface area contributed by atoms with Gasteiger partial charge in [-0.15, -0.1) is 0 Å². The Kier molecular flexibility index (Phi) is 7.04. The summed E-state index contributed by atoms with van der Waals surface area (Å²) in [4.78, 5) is 30.4. The maximum absolute atomic E-state index is 10.0. The molecule has 0 bridgehead atoms. The van der Waals surface area contributed by atoms with Gasteiger partial charge in [0.1, 0.15) is 26.4 Å². The second kappa shape index (κ2) is 10.1. The topological polar surface area (TPSA) is 112 Å². The lowest BCUT2D eigenvalue weighted by atomic mass is 10.2. The average Bonchev–Trinajstić information content (AvgIpc) is 2.76. The van der Waals surface area contributed by atoms with Gasteiger partial charge in [-0.1, -0.05) is 0 Å². The number of carbonyl (C=O) groups excluding carboxylic acids is 2. The van der Waals surface area contributed by atoms with Crippen LogP contribution in [0, 0.1) is 0 Å². The van der Waals surface area contributed by atoms with Gasteiger partial charge in [0, 0.05) is 30.6 Å². The van der Waals surface area contributed by atoms with E-state index in [0.29, 0.717) is 31.9 Å². The Morgan fingerprint density at radius 1 is 1.03 bits per heavy atom. The minimum Gasteiger partial charge on any atom is -0.488 e. The molecule has 0 aliphatic carbocycles. The van der Waals surface area contributed by atoms with Crippen LogP contribution in [0.3, 0.4) is 0 Å². The van der Waals surface area contributed by atoms with Gasteiger partial charge in [-0.25, -0.2) is 9.97 Å². The largest absolute Gasteiger partial charge is 0.488 e. The fourth-order valence-electron chi connectivity index (χ4n) is 2.75. The van der Waals surface area contributed by atoms with Gasteiger partial charge in [-0.3, -0.25) is 9.59 Å². The van der Waals surface area contributed by atoms with Gasteiger partial charge >= 0.3 is 0 Å². The molecular formula is C19H22N4O6. The SMILES string of the molecule is CN1CCOc2cc(COC=O)cnc21.O=COCc1cnc2c(c1)OCCN2. The summed E-state index contributed by atoms with van der Waals surface area (Å²) in [6.45, 7) is 4.19. The highest BCUT2D eigenvalue weighted by Gasteiger charge is 2.16. The Balaban J connectivity index is 0.000000166. The Hall–Kier alpha value is -3.56. The Bertz CT molecular complexity index is 847. The van der Waals surface area contributed by atoms with Gasteiger partial charge in [-0.2, -0.15) is 0 Å². The number of nitrogens with one attached hydrogen (secondary N) is 1. The van der Waals surface area contributed by atoms with E-state index < -0.39 is 0 Å². The van der Waals surface area contributed by atoms with E-state index in [2.05, 4.69) is 24.8 Å². The van der Waals surface area contributed by atoms with E-state index in [1.165, 1.54) is 0 Å². The number of aromatic nitrogens is 2. The molecule has 2 aliphatic heterocycles. The van der Waals surface area contributed by atoms with Crippen LogP contribution < -0.4 is 19.7 Å². The number of carbonyl (C=O) groups is 2. The molecule has 0 unspecified atom stereocenters. The normalized spacial score (nSPS) is 13.8. The summed E-state index contributed by atoms with van der Waals surface area (Å²) in [6.07, 6.45) is 3.34. The number of rotatable bonds is 6. The molecule has 29 heavy (non-hydrogen) atoms. The molecule has 10 heteroatoms. The highest BCUT2D eigenvalue weighted by Crippen LogP contribution is 2.29. The van der Waals surface area contributed by atoms with Crippen LogP contribution >= 0.6 is 0 Å². The molecule has 2 aliphatic rings. The van der Waals surface area contributed by atoms with Crippen LogP contribution in [0.2, 0.25) is 0 Å². The Labute approximate surface area is 167 Å². The number of fused-ring (bicyclic) bond motifs is 2. The van der Waals surface area contributed by atoms with E-state index >= 15 is 0 Å². The Morgan fingerprint density at radius 3 is 2.41 bits per heavy atom. The second-order valence-electron chi connectivity index (χ2n) is 6.22. The number of nitrogens with zero attached hydrogens (tertiary/aromatic N) is 3. The van der Waals surface area contributed by atoms with E-state index in [4.69, 9.17) is 9.47 Å². The number of hydrogen-bond donors (Lipinski definition) is 1. The first-order chi connectivity index (χ1) is 14.2. The van der Waals surface area contributed by atoms with E-state index in [0.717, 1.165) is 41.6 Å². The van der Waals surface area contributed by atoms with Crippen molar-refractivity contribution in [1.29, 1.82) is 0 Å². The summed E-state index contributed by atoms with van der Waals surface area (Å²) in [6, 6.07) is 3.67. The van der Waals surface area contributed by atoms with E-state index in [9.17, 15) is 9.59 Å².